The highest BCUT2D eigenvalue weighted by molar-refractivity contribution is 7.88. The summed E-state index contributed by atoms with van der Waals surface area (Å²) in [6.07, 6.45) is -3.72. The summed E-state index contributed by atoms with van der Waals surface area (Å²) < 4.78 is 89.1. The number of fused-ring (bicyclic) bond motifs is 2. The number of carboxylic acid groups (broad SMARTS) is 1. The Morgan fingerprint density at radius 2 is 1.42 bits per heavy atom. The Bertz CT molecular complexity index is 2150. The van der Waals surface area contributed by atoms with E-state index in [1.807, 2.05) is 103 Å². The topological polar surface area (TPSA) is 150 Å². The second-order valence-corrected chi connectivity index (χ2v) is 15.7. The van der Waals surface area contributed by atoms with Crippen LogP contribution in [0.2, 0.25) is 0 Å². The number of ether oxygens (including phenoxy) is 5. The number of esters is 1. The number of para-hydroxylation sites is 2. The highest BCUT2D eigenvalue weighted by Crippen LogP contribution is 2.35. The van der Waals surface area contributed by atoms with Gasteiger partial charge in [-0.2, -0.15) is 17.5 Å². The van der Waals surface area contributed by atoms with Crippen LogP contribution in [-0.4, -0.2) is 95.2 Å². The molecule has 316 valence electrons. The molecule has 0 saturated carbocycles. The highest BCUT2D eigenvalue weighted by atomic mass is 32.2. The lowest BCUT2D eigenvalue weighted by Gasteiger charge is -2.44. The Hall–Kier alpha value is -5.42. The number of carboxylic acids is 1. The summed E-state index contributed by atoms with van der Waals surface area (Å²) in [5, 5.41) is 10.7. The fourth-order valence-electron chi connectivity index (χ4n) is 6.75. The number of rotatable bonds is 17. The van der Waals surface area contributed by atoms with Crippen LogP contribution in [-0.2, 0) is 47.9 Å². The molecule has 59 heavy (non-hydrogen) atoms. The summed E-state index contributed by atoms with van der Waals surface area (Å²) in [6, 6.07) is 31.9. The summed E-state index contributed by atoms with van der Waals surface area (Å²) >= 11 is 0. The highest BCUT2D eigenvalue weighted by Gasteiger charge is 2.40. The number of carbonyl (C=O) groups excluding carboxylic acids is 1. The first-order valence-corrected chi connectivity index (χ1v) is 20.4. The van der Waals surface area contributed by atoms with Crippen LogP contribution in [0.15, 0.2) is 109 Å². The number of hydrogen-bond donors (Lipinski definition) is 2. The Morgan fingerprint density at radius 1 is 0.814 bits per heavy atom. The molecule has 12 nitrogen and oxygen atoms in total. The maximum absolute atomic E-state index is 13.6. The number of hydrogen-bond acceptors (Lipinski definition) is 10. The van der Waals surface area contributed by atoms with Crippen molar-refractivity contribution >= 4 is 27.5 Å². The number of methoxy groups -OCH3 is 2. The van der Waals surface area contributed by atoms with Gasteiger partial charge >= 0.3 is 18.1 Å². The van der Waals surface area contributed by atoms with Gasteiger partial charge < -0.3 is 34.1 Å². The van der Waals surface area contributed by atoms with Gasteiger partial charge in [0.1, 0.15) is 23.9 Å². The lowest BCUT2D eigenvalue weighted by Crippen LogP contribution is -2.61. The van der Waals surface area contributed by atoms with E-state index in [1.165, 1.54) is 0 Å². The average molecular weight is 841 g/mol. The van der Waals surface area contributed by atoms with Gasteiger partial charge in [-0.15, -0.1) is 0 Å². The van der Waals surface area contributed by atoms with Crippen molar-refractivity contribution in [3.8, 4) is 17.2 Å². The summed E-state index contributed by atoms with van der Waals surface area (Å²) in [4.78, 5) is 22.0. The van der Waals surface area contributed by atoms with E-state index >= 15 is 0 Å². The number of carbonyl (C=O) groups is 2. The lowest BCUT2D eigenvalue weighted by atomic mass is 9.84. The minimum Gasteiger partial charge on any atom is -0.496 e. The van der Waals surface area contributed by atoms with Crippen molar-refractivity contribution in [3.63, 3.8) is 0 Å². The fraction of sp³-hybridized carbons (Fsp3) is 0.349. The van der Waals surface area contributed by atoms with Crippen molar-refractivity contribution in [2.75, 3.05) is 47.1 Å². The number of piperazine rings is 1. The standard InChI is InChI=1S/C41H46N2O8S.C2HF3O2/c1-47-39-15-8-6-13-32(39)23-41(44)51-28-37-36(24-34-25-43(26-38(37)42-34)52(45,46)29-30-11-4-3-5-12-30)31-17-19-35(20-18-31)50-22-10-21-49-27-33-14-7-9-16-40(33)48-2;3-2(4,5)1(6)7/h3-9,11-20,34,38,42H,10,21-29H2,1-2H3;(H,6,7)/t34-,38-;/m1./s1. The zero-order chi connectivity index (χ0) is 42.4. The SMILES string of the molecule is COc1ccccc1COCCCOc1ccc(C2=C(COC(=O)Cc3ccccc3OC)[C@H]3CN(S(=O)(=O)Cc4ccccc4)C[C@@H](C2)N3)cc1.O=C(O)C(F)(F)F. The number of nitrogens with zero attached hydrogens (tertiary/aromatic N) is 1. The van der Waals surface area contributed by atoms with Crippen molar-refractivity contribution in [1.82, 2.24) is 9.62 Å². The smallest absolute Gasteiger partial charge is 0.490 e. The lowest BCUT2D eigenvalue weighted by molar-refractivity contribution is -0.192. The first-order chi connectivity index (χ1) is 28.3. The van der Waals surface area contributed by atoms with Gasteiger partial charge in [0.2, 0.25) is 10.0 Å². The van der Waals surface area contributed by atoms with E-state index in [-0.39, 0.29) is 37.4 Å². The Balaban J connectivity index is 0.000000867. The number of aliphatic carboxylic acids is 1. The van der Waals surface area contributed by atoms with Gasteiger partial charge in [0, 0.05) is 42.7 Å². The number of alkyl halides is 3. The Morgan fingerprint density at radius 3 is 2.07 bits per heavy atom. The molecule has 0 aromatic heterocycles. The first kappa shape index (κ1) is 44.7. The van der Waals surface area contributed by atoms with Gasteiger partial charge in [-0.25, -0.2) is 13.2 Å². The molecule has 4 aromatic carbocycles. The molecule has 2 aliphatic heterocycles. The average Bonchev–Trinajstić information content (AvgIpc) is 3.22. The van der Waals surface area contributed by atoms with Crippen LogP contribution < -0.4 is 19.5 Å². The number of nitrogens with one attached hydrogen (secondary N) is 1. The van der Waals surface area contributed by atoms with E-state index < -0.39 is 28.1 Å². The van der Waals surface area contributed by atoms with E-state index in [2.05, 4.69) is 5.32 Å². The molecule has 2 heterocycles. The van der Waals surface area contributed by atoms with E-state index in [0.717, 1.165) is 51.3 Å². The molecule has 1 saturated heterocycles. The second kappa shape index (κ2) is 21.0. The molecular weight excluding hydrogens is 794 g/mol. The molecular formula is C43H47F3N2O10S. The fourth-order valence-corrected chi connectivity index (χ4v) is 8.33. The van der Waals surface area contributed by atoms with Crippen LogP contribution in [0.25, 0.3) is 5.57 Å². The number of benzene rings is 4. The van der Waals surface area contributed by atoms with Gasteiger partial charge in [0.05, 0.1) is 46.2 Å². The Labute approximate surface area is 341 Å². The quantitative estimate of drug-likeness (QED) is 0.0894. The molecule has 16 heteroatoms. The largest absolute Gasteiger partial charge is 0.496 e. The van der Waals surface area contributed by atoms with Crippen molar-refractivity contribution in [3.05, 3.63) is 131 Å². The van der Waals surface area contributed by atoms with Gasteiger partial charge in [0.15, 0.2) is 0 Å². The molecule has 1 fully saturated rings. The van der Waals surface area contributed by atoms with Gasteiger partial charge in [0.25, 0.3) is 0 Å². The van der Waals surface area contributed by atoms with Crippen LogP contribution in [0.5, 0.6) is 17.2 Å². The summed E-state index contributed by atoms with van der Waals surface area (Å²) in [5.74, 6) is -1.04. The molecule has 0 amide bonds. The molecule has 2 atom stereocenters. The maximum Gasteiger partial charge on any atom is 0.490 e. The van der Waals surface area contributed by atoms with Crippen molar-refractivity contribution in [1.29, 1.82) is 0 Å². The van der Waals surface area contributed by atoms with Crippen LogP contribution in [0.4, 0.5) is 13.2 Å². The van der Waals surface area contributed by atoms with E-state index in [9.17, 15) is 26.4 Å². The monoisotopic (exact) mass is 840 g/mol. The third-order valence-corrected chi connectivity index (χ3v) is 11.4. The van der Waals surface area contributed by atoms with Crippen LogP contribution >= 0.6 is 0 Å². The zero-order valence-corrected chi connectivity index (χ0v) is 33.5. The molecule has 2 bridgehead atoms. The van der Waals surface area contributed by atoms with E-state index in [1.54, 1.807) is 18.5 Å². The number of sulfonamides is 1. The van der Waals surface area contributed by atoms with Crippen molar-refractivity contribution in [2.24, 2.45) is 0 Å². The normalized spacial score (nSPS) is 16.7. The first-order valence-electron chi connectivity index (χ1n) is 18.8. The molecule has 0 unspecified atom stereocenters. The van der Waals surface area contributed by atoms with E-state index in [0.29, 0.717) is 38.5 Å². The molecule has 6 rings (SSSR count). The van der Waals surface area contributed by atoms with Crippen LogP contribution in [0.3, 0.4) is 0 Å². The van der Waals surface area contributed by atoms with Gasteiger partial charge in [-0.1, -0.05) is 78.9 Å². The molecule has 2 N–H and O–H groups in total. The Kier molecular flexibility index (Phi) is 15.9. The van der Waals surface area contributed by atoms with E-state index in [4.69, 9.17) is 33.6 Å². The third-order valence-electron chi connectivity index (χ3n) is 9.60. The molecule has 4 aromatic rings. The molecule has 0 radical (unpaired) electrons. The predicted molar refractivity (Wildman–Crippen MR) is 213 cm³/mol. The maximum atomic E-state index is 13.6. The summed E-state index contributed by atoms with van der Waals surface area (Å²) in [6.45, 7) is 2.16. The minimum atomic E-state index is -5.08. The molecule has 2 aliphatic rings. The molecule has 0 spiro atoms. The second-order valence-electron chi connectivity index (χ2n) is 13.7. The predicted octanol–water partition coefficient (Wildman–Crippen LogP) is 6.44. The van der Waals surface area contributed by atoms with Crippen molar-refractivity contribution in [2.45, 2.75) is 49.9 Å². The zero-order valence-electron chi connectivity index (χ0n) is 32.7. The van der Waals surface area contributed by atoms with Crippen molar-refractivity contribution < 1.29 is 60.0 Å². The minimum absolute atomic E-state index is 0.0351. The van der Waals surface area contributed by atoms with Crippen LogP contribution in [0, 0.1) is 0 Å². The summed E-state index contributed by atoms with van der Waals surface area (Å²) in [7, 11) is -0.359. The van der Waals surface area contributed by atoms with Gasteiger partial charge in [-0.05, 0) is 53.0 Å². The third kappa shape index (κ3) is 13.0. The van der Waals surface area contributed by atoms with Crippen LogP contribution in [0.1, 0.15) is 35.1 Å². The van der Waals surface area contributed by atoms with Gasteiger partial charge in [-0.3, -0.25) is 4.79 Å². The summed E-state index contributed by atoms with van der Waals surface area (Å²) in [5.41, 5.74) is 5.39. The molecule has 0 aliphatic carbocycles. The number of halogens is 3.